The summed E-state index contributed by atoms with van der Waals surface area (Å²) in [7, 11) is 0. The average Bonchev–Trinajstić information content (AvgIpc) is 2.66. The summed E-state index contributed by atoms with van der Waals surface area (Å²) in [6, 6.07) is 9.32. The first kappa shape index (κ1) is 10.2. The Kier molecular flexibility index (Phi) is 3.06. The van der Waals surface area contributed by atoms with Crippen molar-refractivity contribution >= 4 is 22.7 Å². The fraction of sp³-hybridized carbons (Fsp3) is 0.273. The first-order valence-electron chi connectivity index (χ1n) is 4.86. The summed E-state index contributed by atoms with van der Waals surface area (Å²) in [4.78, 5) is 11.8. The van der Waals surface area contributed by atoms with Crippen LogP contribution in [0, 0.1) is 0 Å². The molecule has 0 unspecified atom stereocenters. The summed E-state index contributed by atoms with van der Waals surface area (Å²) >= 11 is 1.61. The van der Waals surface area contributed by atoms with Crippen LogP contribution in [0.3, 0.4) is 0 Å². The second-order valence-corrected chi connectivity index (χ2v) is 4.51. The number of nitrogens with two attached hydrogens (primary N) is 1. The van der Waals surface area contributed by atoms with Crippen LogP contribution in [0.5, 0.6) is 0 Å². The van der Waals surface area contributed by atoms with E-state index in [2.05, 4.69) is 0 Å². The smallest absolute Gasteiger partial charge is 0.290 e. The number of carbonyl (C=O) groups excluding carboxylic acids is 1. The van der Waals surface area contributed by atoms with Gasteiger partial charge in [-0.15, -0.1) is 0 Å². The molecule has 0 saturated heterocycles. The first-order chi connectivity index (χ1) is 7.27. The molecule has 2 rings (SSSR count). The van der Waals surface area contributed by atoms with Gasteiger partial charge in [0, 0.05) is 11.3 Å². The number of carbonyl (C=O) groups is 1. The molecule has 15 heavy (non-hydrogen) atoms. The van der Waals surface area contributed by atoms with Gasteiger partial charge in [0.25, 0.3) is 0 Å². The highest BCUT2D eigenvalue weighted by Gasteiger charge is 2.20. The van der Waals surface area contributed by atoms with E-state index in [1.54, 1.807) is 11.8 Å². The summed E-state index contributed by atoms with van der Waals surface area (Å²) in [5.41, 5.74) is 6.51. The number of rotatable bonds is 3. The number of benzene rings is 1. The molecule has 0 fully saturated rings. The standard InChI is InChI=1S/C11H12N2OS/c12-11-13(6-7-15-11)8-10(14)9-4-2-1-3-5-9/h1-5,12H,6-8H2/p+1. The molecular formula is C11H13N2OS+. The maximum absolute atomic E-state index is 11.8. The van der Waals surface area contributed by atoms with E-state index in [0.717, 1.165) is 23.0 Å². The Balaban J connectivity index is 2.08. The molecular weight excluding hydrogens is 208 g/mol. The van der Waals surface area contributed by atoms with Crippen LogP contribution in [0.25, 0.3) is 0 Å². The second-order valence-electron chi connectivity index (χ2n) is 3.40. The number of amidine groups is 1. The molecule has 4 heteroatoms. The van der Waals surface area contributed by atoms with Crippen molar-refractivity contribution in [3.05, 3.63) is 35.9 Å². The van der Waals surface area contributed by atoms with Crippen molar-refractivity contribution in [1.82, 2.24) is 0 Å². The number of ketones is 1. The van der Waals surface area contributed by atoms with Gasteiger partial charge in [0.05, 0.1) is 6.54 Å². The van der Waals surface area contributed by atoms with Crippen molar-refractivity contribution in [3.63, 3.8) is 0 Å². The van der Waals surface area contributed by atoms with Gasteiger partial charge in [-0.2, -0.15) is 0 Å². The molecule has 0 atom stereocenters. The number of nitrogens with zero attached hydrogens (tertiary/aromatic N) is 1. The van der Waals surface area contributed by atoms with Crippen LogP contribution < -0.4 is 5.73 Å². The largest absolute Gasteiger partial charge is 0.304 e. The maximum Gasteiger partial charge on any atom is 0.304 e. The zero-order valence-electron chi connectivity index (χ0n) is 8.35. The van der Waals surface area contributed by atoms with Gasteiger partial charge in [0.15, 0.2) is 0 Å². The minimum atomic E-state index is 0.126. The van der Waals surface area contributed by atoms with Gasteiger partial charge in [0.1, 0.15) is 6.54 Å². The lowest BCUT2D eigenvalue weighted by Crippen LogP contribution is -2.26. The molecule has 3 nitrogen and oxygen atoms in total. The highest BCUT2D eigenvalue weighted by Crippen LogP contribution is 2.08. The molecule has 0 radical (unpaired) electrons. The molecule has 0 bridgehead atoms. The predicted molar refractivity (Wildman–Crippen MR) is 62.4 cm³/mol. The van der Waals surface area contributed by atoms with Crippen LogP contribution in [0.15, 0.2) is 30.3 Å². The van der Waals surface area contributed by atoms with Crippen molar-refractivity contribution in [1.29, 1.82) is 0 Å². The van der Waals surface area contributed by atoms with Gasteiger partial charge in [-0.25, -0.2) is 4.58 Å². The SMILES string of the molecule is NC1=[N+](CC(=O)c2ccccc2)CCS1. The molecule has 2 N–H and O–H groups in total. The lowest BCUT2D eigenvalue weighted by Gasteiger charge is -2.01. The van der Waals surface area contributed by atoms with Crippen molar-refractivity contribution in [2.75, 3.05) is 18.8 Å². The van der Waals surface area contributed by atoms with Crippen LogP contribution in [0.2, 0.25) is 0 Å². The van der Waals surface area contributed by atoms with E-state index in [1.807, 2.05) is 34.9 Å². The van der Waals surface area contributed by atoms with Gasteiger partial charge in [0.2, 0.25) is 5.78 Å². The Morgan fingerprint density at radius 2 is 2.13 bits per heavy atom. The van der Waals surface area contributed by atoms with E-state index in [9.17, 15) is 4.79 Å². The molecule has 1 aromatic rings. The van der Waals surface area contributed by atoms with E-state index >= 15 is 0 Å². The molecule has 1 aliphatic rings. The van der Waals surface area contributed by atoms with E-state index < -0.39 is 0 Å². The highest BCUT2D eigenvalue weighted by molar-refractivity contribution is 8.13. The van der Waals surface area contributed by atoms with Crippen LogP contribution in [0.1, 0.15) is 10.4 Å². The average molecular weight is 221 g/mol. The normalized spacial score (nSPS) is 15.7. The van der Waals surface area contributed by atoms with Gasteiger partial charge in [-0.3, -0.25) is 10.5 Å². The monoisotopic (exact) mass is 221 g/mol. The zero-order valence-corrected chi connectivity index (χ0v) is 9.17. The van der Waals surface area contributed by atoms with Crippen LogP contribution in [-0.4, -0.2) is 34.4 Å². The topological polar surface area (TPSA) is 46.1 Å². The molecule has 0 saturated carbocycles. The zero-order chi connectivity index (χ0) is 10.7. The van der Waals surface area contributed by atoms with Crippen LogP contribution in [-0.2, 0) is 0 Å². The van der Waals surface area contributed by atoms with Gasteiger partial charge >= 0.3 is 5.17 Å². The Morgan fingerprint density at radius 3 is 2.73 bits per heavy atom. The first-order valence-corrected chi connectivity index (χ1v) is 5.84. The van der Waals surface area contributed by atoms with Crippen molar-refractivity contribution in [2.24, 2.45) is 5.73 Å². The van der Waals surface area contributed by atoms with Crippen LogP contribution >= 0.6 is 11.8 Å². The number of Topliss-reactive ketones (excluding diaryl/α,β-unsaturated/α-hetero) is 1. The van der Waals surface area contributed by atoms with E-state index in [4.69, 9.17) is 5.73 Å². The molecule has 0 amide bonds. The lowest BCUT2D eigenvalue weighted by molar-refractivity contribution is -0.504. The third-order valence-corrected chi connectivity index (χ3v) is 3.29. The molecule has 0 aliphatic carbocycles. The van der Waals surface area contributed by atoms with E-state index in [0.29, 0.717) is 6.54 Å². The highest BCUT2D eigenvalue weighted by atomic mass is 32.2. The van der Waals surface area contributed by atoms with Crippen LogP contribution in [0.4, 0.5) is 0 Å². The molecule has 0 spiro atoms. The summed E-state index contributed by atoms with van der Waals surface area (Å²) in [5, 5.41) is 0.763. The molecule has 1 aliphatic heterocycles. The Morgan fingerprint density at radius 1 is 1.40 bits per heavy atom. The van der Waals surface area contributed by atoms with Gasteiger partial charge in [-0.05, 0) is 11.8 Å². The Hall–Kier alpha value is -1.29. The Labute approximate surface area is 93.0 Å². The number of thioether (sulfide) groups is 1. The van der Waals surface area contributed by atoms with Crippen molar-refractivity contribution in [2.45, 2.75) is 0 Å². The minimum Gasteiger partial charge on any atom is -0.290 e. The fourth-order valence-electron chi connectivity index (χ4n) is 1.51. The lowest BCUT2D eigenvalue weighted by atomic mass is 10.1. The van der Waals surface area contributed by atoms with Gasteiger partial charge in [-0.1, -0.05) is 30.3 Å². The van der Waals surface area contributed by atoms with Crippen molar-refractivity contribution < 1.29 is 9.37 Å². The van der Waals surface area contributed by atoms with E-state index in [-0.39, 0.29) is 5.78 Å². The fourth-order valence-corrected chi connectivity index (χ4v) is 2.37. The molecule has 0 aromatic heterocycles. The summed E-state index contributed by atoms with van der Waals surface area (Å²) < 4.78 is 1.93. The van der Waals surface area contributed by atoms with Crippen molar-refractivity contribution in [3.8, 4) is 0 Å². The second kappa shape index (κ2) is 4.49. The molecule has 1 heterocycles. The van der Waals surface area contributed by atoms with Gasteiger partial charge < -0.3 is 0 Å². The maximum atomic E-state index is 11.8. The summed E-state index contributed by atoms with van der Waals surface area (Å²) in [6.07, 6.45) is 0. The molecule has 1 aromatic carbocycles. The minimum absolute atomic E-state index is 0.126. The summed E-state index contributed by atoms with van der Waals surface area (Å²) in [5.74, 6) is 1.11. The third kappa shape index (κ3) is 2.39. The third-order valence-electron chi connectivity index (χ3n) is 2.35. The predicted octanol–water partition coefficient (Wildman–Crippen LogP) is 0.943. The summed E-state index contributed by atoms with van der Waals surface area (Å²) in [6.45, 7) is 1.26. The van der Waals surface area contributed by atoms with E-state index in [1.165, 1.54) is 0 Å². The Bertz CT molecular complexity index is 400. The quantitative estimate of drug-likeness (QED) is 0.610. The number of hydrogen-bond donors (Lipinski definition) is 1. The number of hydrogen-bond acceptors (Lipinski definition) is 3. The molecule has 78 valence electrons.